The molecule has 0 bridgehead atoms. The topological polar surface area (TPSA) is 89.2 Å². The van der Waals surface area contributed by atoms with Crippen LogP contribution in [0.25, 0.3) is 0 Å². The van der Waals surface area contributed by atoms with Gasteiger partial charge in [-0.25, -0.2) is 8.42 Å². The van der Waals surface area contributed by atoms with Crippen molar-refractivity contribution in [3.8, 4) is 0 Å². The molecule has 2 heterocycles. The highest BCUT2D eigenvalue weighted by Gasteiger charge is 2.19. The average Bonchev–Trinajstić information content (AvgIpc) is 3.04. The van der Waals surface area contributed by atoms with Crippen LogP contribution < -0.4 is 4.72 Å². The summed E-state index contributed by atoms with van der Waals surface area (Å²) in [6.45, 7) is 6.20. The Bertz CT molecular complexity index is 694. The lowest BCUT2D eigenvalue weighted by molar-refractivity contribution is 0.271. The third-order valence-corrected chi connectivity index (χ3v) is 4.50. The molecule has 0 radical (unpaired) electrons. The van der Waals surface area contributed by atoms with Crippen molar-refractivity contribution in [2.45, 2.75) is 44.9 Å². The van der Waals surface area contributed by atoms with Crippen molar-refractivity contribution in [3.63, 3.8) is 0 Å². The van der Waals surface area contributed by atoms with Gasteiger partial charge in [-0.05, 0) is 26.8 Å². The summed E-state index contributed by atoms with van der Waals surface area (Å²) in [7, 11) is -3.68. The van der Waals surface area contributed by atoms with Gasteiger partial charge < -0.3 is 9.67 Å². The highest BCUT2D eigenvalue weighted by atomic mass is 32.2. The van der Waals surface area contributed by atoms with Gasteiger partial charge in [0.25, 0.3) is 10.0 Å². The van der Waals surface area contributed by atoms with Crippen LogP contribution in [0.5, 0.6) is 0 Å². The van der Waals surface area contributed by atoms with Crippen molar-refractivity contribution in [3.05, 3.63) is 30.4 Å². The van der Waals surface area contributed by atoms with E-state index in [1.54, 1.807) is 15.4 Å². The summed E-state index contributed by atoms with van der Waals surface area (Å²) in [5, 5.41) is 13.3. The largest absolute Gasteiger partial charge is 0.390 e. The van der Waals surface area contributed by atoms with Crippen LogP contribution in [0.15, 0.2) is 29.6 Å². The molecule has 0 amide bonds. The Labute approximate surface area is 124 Å². The van der Waals surface area contributed by atoms with Crippen molar-refractivity contribution in [2.24, 2.45) is 0 Å². The molecule has 0 saturated carbocycles. The summed E-state index contributed by atoms with van der Waals surface area (Å²) in [5.74, 6) is 0. The third-order valence-electron chi connectivity index (χ3n) is 3.16. The second kappa shape index (κ2) is 5.90. The number of aliphatic hydroxyl groups excluding tert-OH is 1. The molecule has 2 aromatic heterocycles. The maximum atomic E-state index is 12.3. The van der Waals surface area contributed by atoms with E-state index < -0.39 is 10.0 Å². The number of rotatable bonds is 6. The highest BCUT2D eigenvalue weighted by Crippen LogP contribution is 2.19. The molecule has 116 valence electrons. The summed E-state index contributed by atoms with van der Waals surface area (Å²) >= 11 is 0. The summed E-state index contributed by atoms with van der Waals surface area (Å²) in [5.41, 5.74) is 0.981. The first-order valence-electron chi connectivity index (χ1n) is 6.74. The van der Waals surface area contributed by atoms with E-state index in [0.717, 1.165) is 0 Å². The van der Waals surface area contributed by atoms with Crippen LogP contribution in [-0.4, -0.2) is 27.9 Å². The minimum Gasteiger partial charge on any atom is -0.390 e. The van der Waals surface area contributed by atoms with Gasteiger partial charge in [0.05, 0.1) is 18.5 Å². The molecule has 21 heavy (non-hydrogen) atoms. The van der Waals surface area contributed by atoms with Crippen molar-refractivity contribution in [1.29, 1.82) is 0 Å². The summed E-state index contributed by atoms with van der Waals surface area (Å²) < 4.78 is 30.5. The zero-order chi connectivity index (χ0) is 15.6. The number of anilines is 1. The molecule has 0 aliphatic rings. The Balaban J connectivity index is 2.27. The molecule has 0 atom stereocenters. The van der Waals surface area contributed by atoms with Crippen LogP contribution in [0.3, 0.4) is 0 Å². The fourth-order valence-electron chi connectivity index (χ4n) is 1.99. The molecule has 0 fully saturated rings. The van der Waals surface area contributed by atoms with Gasteiger partial charge in [0.1, 0.15) is 4.90 Å². The fourth-order valence-corrected chi connectivity index (χ4v) is 3.08. The van der Waals surface area contributed by atoms with Gasteiger partial charge >= 0.3 is 0 Å². The Hall–Kier alpha value is -1.80. The Kier molecular flexibility index (Phi) is 4.38. The molecular formula is C13H20N4O3S. The Morgan fingerprint density at radius 2 is 2.10 bits per heavy atom. The molecule has 2 aromatic rings. The van der Waals surface area contributed by atoms with Gasteiger partial charge in [0.2, 0.25) is 0 Å². The normalized spacial score (nSPS) is 12.0. The molecule has 2 rings (SSSR count). The number of aromatic nitrogens is 3. The number of aliphatic hydroxyl groups is 1. The van der Waals surface area contributed by atoms with E-state index in [-0.39, 0.29) is 17.5 Å². The zero-order valence-electron chi connectivity index (χ0n) is 12.3. The third kappa shape index (κ3) is 3.27. The van der Waals surface area contributed by atoms with Gasteiger partial charge in [-0.2, -0.15) is 5.10 Å². The van der Waals surface area contributed by atoms with E-state index in [1.165, 1.54) is 18.5 Å². The fraction of sp³-hybridized carbons (Fsp3) is 0.462. The van der Waals surface area contributed by atoms with Crippen LogP contribution >= 0.6 is 0 Å². The van der Waals surface area contributed by atoms with Crippen molar-refractivity contribution >= 4 is 15.7 Å². The molecule has 0 saturated heterocycles. The van der Waals surface area contributed by atoms with Crippen LogP contribution in [0.4, 0.5) is 5.69 Å². The number of hydrogen-bond donors (Lipinski definition) is 2. The SMILES string of the molecule is CCn1cc(S(=O)(=O)Nc2cnn(C(C)C)c2)cc1CO. The summed E-state index contributed by atoms with van der Waals surface area (Å²) in [6, 6.07) is 1.63. The predicted octanol–water partition coefficient (Wildman–Crippen LogP) is 1.58. The first kappa shape index (κ1) is 15.6. The second-order valence-electron chi connectivity index (χ2n) is 5.02. The van der Waals surface area contributed by atoms with Crippen molar-refractivity contribution in [1.82, 2.24) is 14.3 Å². The van der Waals surface area contributed by atoms with E-state index >= 15 is 0 Å². The Morgan fingerprint density at radius 3 is 2.57 bits per heavy atom. The number of aryl methyl sites for hydroxylation is 1. The van der Waals surface area contributed by atoms with E-state index in [2.05, 4.69) is 9.82 Å². The van der Waals surface area contributed by atoms with Gasteiger partial charge in [0.15, 0.2) is 0 Å². The predicted molar refractivity (Wildman–Crippen MR) is 79.4 cm³/mol. The van der Waals surface area contributed by atoms with Gasteiger partial charge in [0, 0.05) is 30.7 Å². The highest BCUT2D eigenvalue weighted by molar-refractivity contribution is 7.92. The van der Waals surface area contributed by atoms with Gasteiger partial charge in [-0.3, -0.25) is 9.40 Å². The molecular weight excluding hydrogens is 292 g/mol. The number of nitrogens with zero attached hydrogens (tertiary/aromatic N) is 3. The molecule has 2 N–H and O–H groups in total. The number of sulfonamides is 1. The van der Waals surface area contributed by atoms with E-state index in [1.807, 2.05) is 20.8 Å². The van der Waals surface area contributed by atoms with Crippen molar-refractivity contribution < 1.29 is 13.5 Å². The standard InChI is InChI=1S/C13H20N4O3S/c1-4-16-8-13(5-12(16)9-18)21(19,20)15-11-6-14-17(7-11)10(2)3/h5-8,10,15,18H,4,9H2,1-3H3. The molecule has 0 aliphatic heterocycles. The van der Waals surface area contributed by atoms with E-state index in [4.69, 9.17) is 0 Å². The molecule has 0 aliphatic carbocycles. The summed E-state index contributed by atoms with van der Waals surface area (Å²) in [4.78, 5) is 0.130. The Morgan fingerprint density at radius 1 is 1.38 bits per heavy atom. The van der Waals surface area contributed by atoms with Crippen LogP contribution in [0.1, 0.15) is 32.5 Å². The van der Waals surface area contributed by atoms with E-state index in [0.29, 0.717) is 17.9 Å². The minimum atomic E-state index is -3.68. The zero-order valence-corrected chi connectivity index (χ0v) is 13.1. The quantitative estimate of drug-likeness (QED) is 0.847. The smallest absolute Gasteiger partial charge is 0.263 e. The monoisotopic (exact) mass is 312 g/mol. The minimum absolute atomic E-state index is 0.130. The molecule has 0 spiro atoms. The first-order valence-corrected chi connectivity index (χ1v) is 8.22. The lowest BCUT2D eigenvalue weighted by Crippen LogP contribution is -2.12. The van der Waals surface area contributed by atoms with Gasteiger partial charge in [-0.15, -0.1) is 0 Å². The van der Waals surface area contributed by atoms with E-state index in [9.17, 15) is 13.5 Å². The molecule has 0 unspecified atom stereocenters. The summed E-state index contributed by atoms with van der Waals surface area (Å²) in [6.07, 6.45) is 4.63. The van der Waals surface area contributed by atoms with Crippen LogP contribution in [0.2, 0.25) is 0 Å². The van der Waals surface area contributed by atoms with Crippen LogP contribution in [-0.2, 0) is 23.2 Å². The number of nitrogens with one attached hydrogen (secondary N) is 1. The lowest BCUT2D eigenvalue weighted by atomic mass is 10.4. The van der Waals surface area contributed by atoms with Gasteiger partial charge in [-0.1, -0.05) is 0 Å². The van der Waals surface area contributed by atoms with Crippen molar-refractivity contribution in [2.75, 3.05) is 4.72 Å². The molecule has 7 nitrogen and oxygen atoms in total. The lowest BCUT2D eigenvalue weighted by Gasteiger charge is -2.05. The maximum absolute atomic E-state index is 12.3. The molecule has 8 heteroatoms. The molecule has 0 aromatic carbocycles. The van der Waals surface area contributed by atoms with Crippen LogP contribution in [0, 0.1) is 0 Å². The number of hydrogen-bond acceptors (Lipinski definition) is 4. The average molecular weight is 312 g/mol. The maximum Gasteiger partial charge on any atom is 0.263 e. The first-order chi connectivity index (χ1) is 9.87. The second-order valence-corrected chi connectivity index (χ2v) is 6.70.